The molecule has 2 aromatic rings. The molecule has 6 rings (SSSR count). The van der Waals surface area contributed by atoms with Gasteiger partial charge in [-0.25, -0.2) is 4.99 Å². The molecule has 1 fully saturated rings. The van der Waals surface area contributed by atoms with Gasteiger partial charge in [0.25, 0.3) is 11.8 Å². The van der Waals surface area contributed by atoms with Gasteiger partial charge in [-0.15, -0.1) is 0 Å². The number of rotatable bonds is 4. The fraction of sp³-hybridized carbons (Fsp3) is 0.286. The molecule has 0 radical (unpaired) electrons. The van der Waals surface area contributed by atoms with Crippen LogP contribution in [0.5, 0.6) is 0 Å². The first-order chi connectivity index (χ1) is 17.0. The zero-order valence-electron chi connectivity index (χ0n) is 19.8. The summed E-state index contributed by atoms with van der Waals surface area (Å²) in [4.78, 5) is 36.9. The van der Waals surface area contributed by atoms with E-state index in [1.807, 2.05) is 55.2 Å². The van der Waals surface area contributed by atoms with E-state index in [0.29, 0.717) is 36.1 Å². The van der Waals surface area contributed by atoms with Crippen LogP contribution in [0.15, 0.2) is 75.2 Å². The Bertz CT molecular complexity index is 1350. The van der Waals surface area contributed by atoms with Gasteiger partial charge >= 0.3 is 0 Å². The number of aliphatic imine (C=N–C) groups is 2. The van der Waals surface area contributed by atoms with Crippen LogP contribution < -0.4 is 10.6 Å². The molecular formula is C28H27N5O2. The Kier molecular flexibility index (Phi) is 5.13. The third kappa shape index (κ3) is 3.97. The van der Waals surface area contributed by atoms with Crippen molar-refractivity contribution >= 4 is 29.7 Å². The number of carbonyl (C=O) groups excluding carboxylic acids is 2. The molecule has 2 amide bonds. The van der Waals surface area contributed by atoms with Crippen LogP contribution >= 0.6 is 0 Å². The summed E-state index contributed by atoms with van der Waals surface area (Å²) in [5.74, 6) is 0.622. The number of amides is 2. The van der Waals surface area contributed by atoms with E-state index in [1.54, 1.807) is 6.34 Å². The highest BCUT2D eigenvalue weighted by atomic mass is 16.2. The normalized spacial score (nSPS) is 20.3. The van der Waals surface area contributed by atoms with Crippen LogP contribution in [0.25, 0.3) is 0 Å². The molecule has 2 aliphatic heterocycles. The molecule has 1 unspecified atom stereocenters. The zero-order chi connectivity index (χ0) is 24.1. The number of hydrogen-bond donors (Lipinski definition) is 2. The van der Waals surface area contributed by atoms with Gasteiger partial charge in [-0.3, -0.25) is 14.6 Å². The highest BCUT2D eigenvalue weighted by molar-refractivity contribution is 6.17. The first-order valence-electron chi connectivity index (χ1n) is 12.1. The molecule has 7 nitrogen and oxygen atoms in total. The standard InChI is InChI=1S/C28H27N5O2/c1-16-7-8-18(27(34)31-21-9-10-21)11-23(16)32-26-25-17(2)22(12-24(25)29-15-30-26)28(35)33-13-19-5-3-4-6-20(19)14-33/h3-8,11-12,15,21,24H,9-10,13-14H2,1-2H3,(H,31,34)(H,29,30,32). The molecule has 0 bridgehead atoms. The highest BCUT2D eigenvalue weighted by Gasteiger charge is 2.35. The monoisotopic (exact) mass is 465 g/mol. The molecule has 2 N–H and O–H groups in total. The summed E-state index contributed by atoms with van der Waals surface area (Å²) in [6.45, 7) is 5.20. The lowest BCUT2D eigenvalue weighted by molar-refractivity contribution is -0.127. The Morgan fingerprint density at radius 2 is 1.77 bits per heavy atom. The number of hydrogen-bond acceptors (Lipinski definition) is 5. The summed E-state index contributed by atoms with van der Waals surface area (Å²) in [7, 11) is 0. The van der Waals surface area contributed by atoms with Crippen LogP contribution in [-0.2, 0) is 17.9 Å². The van der Waals surface area contributed by atoms with Crippen molar-refractivity contribution in [2.45, 2.75) is 51.9 Å². The predicted octanol–water partition coefficient (Wildman–Crippen LogP) is 3.91. The maximum atomic E-state index is 13.5. The Morgan fingerprint density at radius 3 is 2.49 bits per heavy atom. The second kappa shape index (κ2) is 8.34. The van der Waals surface area contributed by atoms with Crippen LogP contribution in [0.3, 0.4) is 0 Å². The topological polar surface area (TPSA) is 86.2 Å². The molecule has 2 aliphatic carbocycles. The van der Waals surface area contributed by atoms with Crippen molar-refractivity contribution in [3.63, 3.8) is 0 Å². The van der Waals surface area contributed by atoms with Crippen molar-refractivity contribution in [1.82, 2.24) is 10.2 Å². The highest BCUT2D eigenvalue weighted by Crippen LogP contribution is 2.35. The largest absolute Gasteiger partial charge is 0.349 e. The quantitative estimate of drug-likeness (QED) is 0.718. The van der Waals surface area contributed by atoms with Crippen molar-refractivity contribution in [2.24, 2.45) is 9.98 Å². The van der Waals surface area contributed by atoms with Gasteiger partial charge in [-0.2, -0.15) is 0 Å². The molecule has 35 heavy (non-hydrogen) atoms. The van der Waals surface area contributed by atoms with Crippen LogP contribution in [0.1, 0.15) is 46.8 Å². The average molecular weight is 466 g/mol. The number of fused-ring (bicyclic) bond motifs is 2. The van der Waals surface area contributed by atoms with E-state index in [4.69, 9.17) is 0 Å². The van der Waals surface area contributed by atoms with Gasteiger partial charge in [0.05, 0.1) is 6.04 Å². The van der Waals surface area contributed by atoms with Crippen LogP contribution in [0.4, 0.5) is 5.69 Å². The Hall–Kier alpha value is -4.00. The predicted molar refractivity (Wildman–Crippen MR) is 136 cm³/mol. The van der Waals surface area contributed by atoms with E-state index < -0.39 is 0 Å². The summed E-state index contributed by atoms with van der Waals surface area (Å²) in [6.07, 6.45) is 5.57. The van der Waals surface area contributed by atoms with E-state index >= 15 is 0 Å². The first kappa shape index (κ1) is 21.5. The van der Waals surface area contributed by atoms with Crippen LogP contribution in [0.2, 0.25) is 0 Å². The molecular weight excluding hydrogens is 438 g/mol. The Morgan fingerprint density at radius 1 is 1.03 bits per heavy atom. The van der Waals surface area contributed by atoms with E-state index in [0.717, 1.165) is 35.2 Å². The molecule has 176 valence electrons. The smallest absolute Gasteiger partial charge is 0.254 e. The van der Waals surface area contributed by atoms with E-state index in [1.165, 1.54) is 11.1 Å². The molecule has 0 spiro atoms. The third-order valence-electron chi connectivity index (χ3n) is 7.12. The van der Waals surface area contributed by atoms with Gasteiger partial charge in [0.2, 0.25) is 0 Å². The Labute approximate surface area is 204 Å². The minimum absolute atomic E-state index is 0.0186. The van der Waals surface area contributed by atoms with Gasteiger partial charge in [-0.1, -0.05) is 30.3 Å². The number of aryl methyl sites for hydroxylation is 1. The van der Waals surface area contributed by atoms with Crippen molar-refractivity contribution < 1.29 is 9.59 Å². The number of benzene rings is 2. The second-order valence-electron chi connectivity index (χ2n) is 9.64. The lowest BCUT2D eigenvalue weighted by Gasteiger charge is -2.20. The average Bonchev–Trinajstić information content (AvgIpc) is 3.45. The SMILES string of the molecule is CC1=C2C(Nc3cc(C(=O)NC4CC4)ccc3C)=NC=NC2C=C1C(=O)N1Cc2ccccc2C1. The molecule has 1 saturated carbocycles. The molecule has 2 heterocycles. The molecule has 7 heteroatoms. The summed E-state index contributed by atoms with van der Waals surface area (Å²) >= 11 is 0. The van der Waals surface area contributed by atoms with E-state index in [2.05, 4.69) is 32.8 Å². The summed E-state index contributed by atoms with van der Waals surface area (Å²) in [6, 6.07) is 13.9. The lowest BCUT2D eigenvalue weighted by atomic mass is 10.0. The minimum atomic E-state index is -0.249. The number of anilines is 1. The molecule has 0 saturated heterocycles. The fourth-order valence-corrected chi connectivity index (χ4v) is 4.90. The second-order valence-corrected chi connectivity index (χ2v) is 9.64. The van der Waals surface area contributed by atoms with Gasteiger partial charge in [0.15, 0.2) is 0 Å². The number of amidine groups is 1. The number of nitrogens with one attached hydrogen (secondary N) is 2. The van der Waals surface area contributed by atoms with Gasteiger partial charge < -0.3 is 15.5 Å². The van der Waals surface area contributed by atoms with Gasteiger partial charge in [0, 0.05) is 41.5 Å². The molecule has 4 aliphatic rings. The van der Waals surface area contributed by atoms with E-state index in [-0.39, 0.29) is 17.9 Å². The maximum Gasteiger partial charge on any atom is 0.254 e. The molecule has 0 aromatic heterocycles. The van der Waals surface area contributed by atoms with Crippen molar-refractivity contribution in [2.75, 3.05) is 5.32 Å². The molecule has 1 atom stereocenters. The van der Waals surface area contributed by atoms with E-state index in [9.17, 15) is 9.59 Å². The van der Waals surface area contributed by atoms with Gasteiger partial charge in [-0.05, 0) is 67.2 Å². The number of nitrogens with zero attached hydrogens (tertiary/aromatic N) is 3. The van der Waals surface area contributed by atoms with Gasteiger partial charge in [0.1, 0.15) is 12.2 Å². The van der Waals surface area contributed by atoms with Crippen LogP contribution in [0, 0.1) is 6.92 Å². The summed E-state index contributed by atoms with van der Waals surface area (Å²) in [5.41, 5.74) is 7.31. The fourth-order valence-electron chi connectivity index (χ4n) is 4.90. The van der Waals surface area contributed by atoms with Crippen molar-refractivity contribution in [3.8, 4) is 0 Å². The minimum Gasteiger partial charge on any atom is -0.349 e. The summed E-state index contributed by atoms with van der Waals surface area (Å²) in [5, 5.41) is 6.46. The third-order valence-corrected chi connectivity index (χ3v) is 7.12. The summed E-state index contributed by atoms with van der Waals surface area (Å²) < 4.78 is 0. The number of carbonyl (C=O) groups is 2. The maximum absolute atomic E-state index is 13.5. The molecule has 2 aromatic carbocycles. The Balaban J connectivity index is 1.24. The van der Waals surface area contributed by atoms with Crippen molar-refractivity contribution in [1.29, 1.82) is 0 Å². The zero-order valence-corrected chi connectivity index (χ0v) is 19.8. The lowest BCUT2D eigenvalue weighted by Crippen LogP contribution is -2.27. The van der Waals surface area contributed by atoms with Crippen molar-refractivity contribution in [3.05, 3.63) is 87.5 Å². The first-order valence-corrected chi connectivity index (χ1v) is 12.1. The van der Waals surface area contributed by atoms with Crippen LogP contribution in [-0.4, -0.2) is 41.0 Å².